The first-order chi connectivity index (χ1) is 10.8. The predicted octanol–water partition coefficient (Wildman–Crippen LogP) is 1.18. The summed E-state index contributed by atoms with van der Waals surface area (Å²) >= 11 is 0. The van der Waals surface area contributed by atoms with E-state index in [9.17, 15) is 0 Å². The number of aromatic nitrogens is 3. The van der Waals surface area contributed by atoms with E-state index in [2.05, 4.69) is 38.3 Å². The summed E-state index contributed by atoms with van der Waals surface area (Å²) in [5, 5.41) is 3.43. The van der Waals surface area contributed by atoms with Crippen molar-refractivity contribution in [2.75, 3.05) is 51.2 Å². The minimum atomic E-state index is 0.604. The third-order valence-corrected chi connectivity index (χ3v) is 5.00. The van der Waals surface area contributed by atoms with Crippen LogP contribution in [0.4, 0.5) is 5.82 Å². The molecule has 2 aliphatic heterocycles. The normalized spacial score (nSPS) is 21.6. The maximum atomic E-state index is 4.95. The number of rotatable bonds is 2. The Morgan fingerprint density at radius 2 is 1.91 bits per heavy atom. The van der Waals surface area contributed by atoms with Crippen LogP contribution in [0.3, 0.4) is 0 Å². The van der Waals surface area contributed by atoms with Gasteiger partial charge in [-0.25, -0.2) is 9.97 Å². The number of aromatic amines is 1. The Morgan fingerprint density at radius 3 is 2.68 bits per heavy atom. The van der Waals surface area contributed by atoms with E-state index in [1.165, 1.54) is 18.4 Å². The fourth-order valence-electron chi connectivity index (χ4n) is 3.53. The molecule has 0 radical (unpaired) electrons. The Morgan fingerprint density at radius 1 is 1.14 bits per heavy atom. The summed E-state index contributed by atoms with van der Waals surface area (Å²) in [6, 6.07) is 0. The van der Waals surface area contributed by atoms with Gasteiger partial charge in [-0.05, 0) is 38.9 Å². The fourth-order valence-corrected chi connectivity index (χ4v) is 3.53. The molecule has 0 aliphatic carbocycles. The van der Waals surface area contributed by atoms with Crippen molar-refractivity contribution in [1.29, 1.82) is 0 Å². The molecule has 0 saturated carbocycles. The molecule has 2 fully saturated rings. The average molecular weight is 300 g/mol. The number of H-pyrrole nitrogens is 1. The van der Waals surface area contributed by atoms with Crippen molar-refractivity contribution < 1.29 is 0 Å². The number of nitrogens with zero attached hydrogens (tertiary/aromatic N) is 4. The second-order valence-corrected chi connectivity index (χ2v) is 6.48. The van der Waals surface area contributed by atoms with E-state index in [4.69, 9.17) is 4.98 Å². The molecule has 0 amide bonds. The van der Waals surface area contributed by atoms with Crippen LogP contribution in [0.1, 0.15) is 24.3 Å². The third kappa shape index (κ3) is 2.57. The minimum absolute atomic E-state index is 0.604. The maximum Gasteiger partial charge on any atom is 0.156 e. The lowest BCUT2D eigenvalue weighted by Crippen LogP contribution is -2.44. The van der Waals surface area contributed by atoms with E-state index in [1.807, 2.05) is 6.20 Å². The van der Waals surface area contributed by atoms with Gasteiger partial charge in [-0.2, -0.15) is 0 Å². The van der Waals surface area contributed by atoms with Crippen molar-refractivity contribution in [3.05, 3.63) is 18.0 Å². The van der Waals surface area contributed by atoms with Gasteiger partial charge in [0.25, 0.3) is 0 Å². The number of hydrogen-bond donors (Lipinski definition) is 2. The molecule has 0 atom stereocenters. The topological polar surface area (TPSA) is 60.1 Å². The van der Waals surface area contributed by atoms with E-state index >= 15 is 0 Å². The second-order valence-electron chi connectivity index (χ2n) is 6.48. The Labute approximate surface area is 130 Å². The second kappa shape index (κ2) is 5.85. The highest BCUT2D eigenvalue weighted by molar-refractivity contribution is 5.77. The van der Waals surface area contributed by atoms with Crippen molar-refractivity contribution in [3.8, 4) is 0 Å². The smallest absolute Gasteiger partial charge is 0.156 e. The van der Waals surface area contributed by atoms with Gasteiger partial charge in [-0.1, -0.05) is 0 Å². The van der Waals surface area contributed by atoms with Gasteiger partial charge in [0.15, 0.2) is 5.65 Å². The van der Waals surface area contributed by atoms with E-state index < -0.39 is 0 Å². The van der Waals surface area contributed by atoms with Gasteiger partial charge in [0.2, 0.25) is 0 Å². The molecule has 2 saturated heterocycles. The SMILES string of the molecule is CN1CCN(c2cnc3[nH]cc(C4CCNCC4)c3n2)CC1. The number of fused-ring (bicyclic) bond motifs is 1. The molecule has 6 nitrogen and oxygen atoms in total. The Bertz CT molecular complexity index is 637. The molecule has 2 aliphatic rings. The molecule has 4 heterocycles. The molecule has 4 rings (SSSR count). The monoisotopic (exact) mass is 300 g/mol. The van der Waals surface area contributed by atoms with Crippen molar-refractivity contribution in [3.63, 3.8) is 0 Å². The van der Waals surface area contributed by atoms with Gasteiger partial charge in [0.05, 0.1) is 6.20 Å². The predicted molar refractivity (Wildman–Crippen MR) is 88.4 cm³/mol. The third-order valence-electron chi connectivity index (χ3n) is 5.00. The van der Waals surface area contributed by atoms with Crippen molar-refractivity contribution >= 4 is 17.0 Å². The van der Waals surface area contributed by atoms with Gasteiger partial charge in [-0.3, -0.25) is 0 Å². The van der Waals surface area contributed by atoms with Crippen LogP contribution >= 0.6 is 0 Å². The maximum absolute atomic E-state index is 4.95. The standard InChI is InChI=1S/C16H24N6/c1-21-6-8-22(9-7-21)14-11-19-16-15(20-14)13(10-18-16)12-2-4-17-5-3-12/h10-12,17H,2-9H2,1H3,(H,18,19). The van der Waals surface area contributed by atoms with Crippen LogP contribution in [0, 0.1) is 0 Å². The average Bonchev–Trinajstić information content (AvgIpc) is 2.99. The van der Waals surface area contributed by atoms with Crippen LogP contribution in [0.25, 0.3) is 11.2 Å². The molecule has 0 unspecified atom stereocenters. The quantitative estimate of drug-likeness (QED) is 0.872. The van der Waals surface area contributed by atoms with Crippen LogP contribution in [-0.4, -0.2) is 66.2 Å². The summed E-state index contributed by atoms with van der Waals surface area (Å²) in [6.07, 6.45) is 6.41. The number of piperidine rings is 1. The lowest BCUT2D eigenvalue weighted by atomic mass is 9.91. The Balaban J connectivity index is 1.64. The summed E-state index contributed by atoms with van der Waals surface area (Å²) in [4.78, 5) is 17.6. The number of likely N-dealkylation sites (N-methyl/N-ethyl adjacent to an activating group) is 1. The van der Waals surface area contributed by atoms with E-state index in [0.717, 1.165) is 56.3 Å². The van der Waals surface area contributed by atoms with Crippen molar-refractivity contribution in [1.82, 2.24) is 25.2 Å². The molecule has 6 heteroatoms. The Hall–Kier alpha value is -1.66. The van der Waals surface area contributed by atoms with Crippen LogP contribution in [0.5, 0.6) is 0 Å². The number of piperazine rings is 1. The molecular formula is C16H24N6. The zero-order chi connectivity index (χ0) is 14.9. The van der Waals surface area contributed by atoms with Crippen molar-refractivity contribution in [2.45, 2.75) is 18.8 Å². The van der Waals surface area contributed by atoms with Crippen LogP contribution in [0.15, 0.2) is 12.4 Å². The first-order valence-electron chi connectivity index (χ1n) is 8.29. The number of anilines is 1. The summed E-state index contributed by atoms with van der Waals surface area (Å²) in [6.45, 7) is 6.45. The van der Waals surface area contributed by atoms with Crippen molar-refractivity contribution in [2.24, 2.45) is 0 Å². The number of hydrogen-bond acceptors (Lipinski definition) is 5. The van der Waals surface area contributed by atoms with E-state index in [-0.39, 0.29) is 0 Å². The first kappa shape index (κ1) is 14.0. The molecular weight excluding hydrogens is 276 g/mol. The molecule has 2 aromatic rings. The molecule has 0 spiro atoms. The van der Waals surface area contributed by atoms with E-state index in [1.54, 1.807) is 0 Å². The van der Waals surface area contributed by atoms with Gasteiger partial charge < -0.3 is 20.1 Å². The lowest BCUT2D eigenvalue weighted by Gasteiger charge is -2.33. The van der Waals surface area contributed by atoms with Crippen LogP contribution in [0.2, 0.25) is 0 Å². The summed E-state index contributed by atoms with van der Waals surface area (Å²) in [5.41, 5.74) is 3.34. The molecule has 22 heavy (non-hydrogen) atoms. The van der Waals surface area contributed by atoms with Gasteiger partial charge in [-0.15, -0.1) is 0 Å². The largest absolute Gasteiger partial charge is 0.353 e. The van der Waals surface area contributed by atoms with Crippen LogP contribution in [-0.2, 0) is 0 Å². The molecule has 0 bridgehead atoms. The Kier molecular flexibility index (Phi) is 3.72. The molecule has 0 aromatic carbocycles. The molecule has 2 aromatic heterocycles. The molecule has 2 N–H and O–H groups in total. The summed E-state index contributed by atoms with van der Waals surface area (Å²) in [5.74, 6) is 1.63. The summed E-state index contributed by atoms with van der Waals surface area (Å²) in [7, 11) is 2.17. The minimum Gasteiger partial charge on any atom is -0.353 e. The summed E-state index contributed by atoms with van der Waals surface area (Å²) < 4.78 is 0. The lowest BCUT2D eigenvalue weighted by molar-refractivity contribution is 0.312. The molecule has 118 valence electrons. The van der Waals surface area contributed by atoms with Gasteiger partial charge in [0, 0.05) is 37.9 Å². The fraction of sp³-hybridized carbons (Fsp3) is 0.625. The van der Waals surface area contributed by atoms with Crippen LogP contribution < -0.4 is 10.2 Å². The zero-order valence-electron chi connectivity index (χ0n) is 13.2. The highest BCUT2D eigenvalue weighted by Gasteiger charge is 2.21. The highest BCUT2D eigenvalue weighted by atomic mass is 15.3. The first-order valence-corrected chi connectivity index (χ1v) is 8.29. The highest BCUT2D eigenvalue weighted by Crippen LogP contribution is 2.30. The number of nitrogens with one attached hydrogen (secondary N) is 2. The van der Waals surface area contributed by atoms with Gasteiger partial charge >= 0.3 is 0 Å². The van der Waals surface area contributed by atoms with Gasteiger partial charge in [0.1, 0.15) is 11.3 Å². The zero-order valence-corrected chi connectivity index (χ0v) is 13.2. The van der Waals surface area contributed by atoms with E-state index in [0.29, 0.717) is 5.92 Å².